The minimum atomic E-state index is -0.507. The van der Waals surface area contributed by atoms with E-state index in [2.05, 4.69) is 32.3 Å². The summed E-state index contributed by atoms with van der Waals surface area (Å²) in [6, 6.07) is 0. The molecule has 0 amide bonds. The van der Waals surface area contributed by atoms with Crippen molar-refractivity contribution in [1.82, 2.24) is 4.98 Å². The Morgan fingerprint density at radius 2 is 2.06 bits per heavy atom. The molecule has 2 aromatic rings. The predicted octanol–water partition coefficient (Wildman–Crippen LogP) is 3.13. The van der Waals surface area contributed by atoms with E-state index >= 15 is 0 Å². The maximum Gasteiger partial charge on any atom is 0.355 e. The molecule has 0 bridgehead atoms. The van der Waals surface area contributed by atoms with E-state index in [0.29, 0.717) is 5.56 Å². The van der Waals surface area contributed by atoms with Gasteiger partial charge in [0.05, 0.1) is 26.5 Å². The molecule has 2 heterocycles. The van der Waals surface area contributed by atoms with Gasteiger partial charge in [-0.2, -0.15) is 0 Å². The lowest BCUT2D eigenvalue weighted by Gasteiger charge is -1.98. The summed E-state index contributed by atoms with van der Waals surface area (Å²) in [6.45, 7) is 3.44. The number of aromatic amines is 1. The van der Waals surface area contributed by atoms with Crippen LogP contribution in [-0.4, -0.2) is 23.8 Å². The van der Waals surface area contributed by atoms with Crippen LogP contribution in [0.15, 0.2) is 0 Å². The fraction of sp³-hybridized carbons (Fsp3) is 0.273. The topological polar surface area (TPSA) is 59.2 Å². The van der Waals surface area contributed by atoms with Crippen LogP contribution in [0.4, 0.5) is 0 Å². The van der Waals surface area contributed by atoms with E-state index in [4.69, 9.17) is 0 Å². The van der Waals surface area contributed by atoms with E-state index in [1.165, 1.54) is 25.4 Å². The van der Waals surface area contributed by atoms with Crippen LogP contribution in [0, 0.1) is 10.5 Å². The summed E-state index contributed by atoms with van der Waals surface area (Å²) in [7, 11) is 1.30. The van der Waals surface area contributed by atoms with Crippen LogP contribution >= 0.6 is 33.9 Å². The van der Waals surface area contributed by atoms with Gasteiger partial charge in [0.1, 0.15) is 5.69 Å². The number of aromatic nitrogens is 1. The highest BCUT2D eigenvalue weighted by molar-refractivity contribution is 14.1. The van der Waals surface area contributed by atoms with Gasteiger partial charge in [-0.05, 0) is 36.4 Å². The number of esters is 1. The van der Waals surface area contributed by atoms with Gasteiger partial charge in [0.2, 0.25) is 0 Å². The number of ketones is 1. The van der Waals surface area contributed by atoms with E-state index < -0.39 is 5.97 Å². The second-order valence-corrected chi connectivity index (χ2v) is 5.90. The first kappa shape index (κ1) is 12.6. The fourth-order valence-electron chi connectivity index (χ4n) is 1.70. The zero-order chi connectivity index (χ0) is 12.7. The Kier molecular flexibility index (Phi) is 3.26. The monoisotopic (exact) mass is 363 g/mol. The average Bonchev–Trinajstić information content (AvgIpc) is 2.76. The van der Waals surface area contributed by atoms with Gasteiger partial charge in [-0.15, -0.1) is 11.3 Å². The lowest BCUT2D eigenvalue weighted by atomic mass is 10.1. The van der Waals surface area contributed by atoms with Crippen LogP contribution < -0.4 is 0 Å². The zero-order valence-electron chi connectivity index (χ0n) is 9.51. The van der Waals surface area contributed by atoms with Crippen molar-refractivity contribution in [3.63, 3.8) is 0 Å². The van der Waals surface area contributed by atoms with E-state index in [9.17, 15) is 9.59 Å². The van der Waals surface area contributed by atoms with E-state index in [1.54, 1.807) is 0 Å². The first-order valence-electron chi connectivity index (χ1n) is 4.87. The molecule has 2 aromatic heterocycles. The first-order chi connectivity index (χ1) is 7.97. The highest BCUT2D eigenvalue weighted by Gasteiger charge is 2.24. The molecule has 0 spiro atoms. The van der Waals surface area contributed by atoms with Crippen molar-refractivity contribution in [2.45, 2.75) is 13.8 Å². The Labute approximate surface area is 115 Å². The minimum Gasteiger partial charge on any atom is -0.464 e. The van der Waals surface area contributed by atoms with Crippen molar-refractivity contribution < 1.29 is 14.3 Å². The van der Waals surface area contributed by atoms with Gasteiger partial charge in [0.15, 0.2) is 5.78 Å². The highest BCUT2D eigenvalue weighted by Crippen LogP contribution is 2.36. The minimum absolute atomic E-state index is 0.130. The Balaban J connectivity index is 2.82. The number of carbonyl (C=O) groups is 2. The van der Waals surface area contributed by atoms with Crippen molar-refractivity contribution >= 4 is 55.9 Å². The smallest absolute Gasteiger partial charge is 0.355 e. The highest BCUT2D eigenvalue weighted by atomic mass is 127. The SMILES string of the molecule is COC(=O)c1[nH]c2c(I)c(C)sc2c1C(C)=O. The second-order valence-electron chi connectivity index (χ2n) is 3.60. The number of H-pyrrole nitrogens is 1. The number of fused-ring (bicyclic) bond motifs is 1. The maximum atomic E-state index is 11.7. The molecule has 0 unspecified atom stereocenters. The van der Waals surface area contributed by atoms with Crippen LogP contribution in [-0.2, 0) is 4.74 Å². The molecule has 2 rings (SSSR count). The molecule has 0 saturated heterocycles. The normalized spacial score (nSPS) is 10.8. The quantitative estimate of drug-likeness (QED) is 0.507. The second kappa shape index (κ2) is 4.41. The molecule has 0 fully saturated rings. The summed E-state index contributed by atoms with van der Waals surface area (Å²) in [6.07, 6.45) is 0. The van der Waals surface area contributed by atoms with Crippen LogP contribution in [0.1, 0.15) is 32.6 Å². The van der Waals surface area contributed by atoms with Crippen molar-refractivity contribution in [2.75, 3.05) is 7.11 Å². The molecular weight excluding hydrogens is 353 g/mol. The third-order valence-electron chi connectivity index (χ3n) is 2.48. The molecule has 6 heteroatoms. The molecule has 0 aromatic carbocycles. The molecule has 1 N–H and O–H groups in total. The number of rotatable bonds is 2. The standard InChI is InChI=1S/C11H10INO3S/c1-4(14)6-8(11(15)16-3)13-9-7(12)5(2)17-10(6)9/h13H,1-3H3. The number of thiophene rings is 1. The van der Waals surface area contributed by atoms with E-state index in [-0.39, 0.29) is 11.5 Å². The average molecular weight is 363 g/mol. The number of Topliss-reactive ketones (excluding diaryl/α,β-unsaturated/α-hetero) is 1. The third kappa shape index (κ3) is 1.89. The van der Waals surface area contributed by atoms with Gasteiger partial charge in [-0.3, -0.25) is 4.79 Å². The molecule has 0 aliphatic carbocycles. The number of nitrogens with one attached hydrogen (secondary N) is 1. The van der Waals surface area contributed by atoms with Crippen molar-refractivity contribution in [3.8, 4) is 0 Å². The number of ether oxygens (including phenoxy) is 1. The number of hydrogen-bond acceptors (Lipinski definition) is 4. The summed E-state index contributed by atoms with van der Waals surface area (Å²) in [4.78, 5) is 27.4. The Morgan fingerprint density at radius 1 is 1.41 bits per heavy atom. The van der Waals surface area contributed by atoms with Crippen molar-refractivity contribution in [2.24, 2.45) is 0 Å². The Hall–Kier alpha value is -0.890. The molecule has 17 heavy (non-hydrogen) atoms. The molecule has 4 nitrogen and oxygen atoms in total. The van der Waals surface area contributed by atoms with Gasteiger partial charge >= 0.3 is 5.97 Å². The summed E-state index contributed by atoms with van der Waals surface area (Å²) in [5.74, 6) is -0.638. The fourth-order valence-corrected chi connectivity index (χ4v) is 3.72. The summed E-state index contributed by atoms with van der Waals surface area (Å²) in [5.41, 5.74) is 1.53. The number of carbonyl (C=O) groups excluding carboxylic acids is 2. The first-order valence-corrected chi connectivity index (χ1v) is 6.76. The Bertz CT molecular complexity index is 626. The zero-order valence-corrected chi connectivity index (χ0v) is 12.5. The molecule has 90 valence electrons. The molecule has 0 atom stereocenters. The lowest BCUT2D eigenvalue weighted by Crippen LogP contribution is -2.07. The maximum absolute atomic E-state index is 11.7. The lowest BCUT2D eigenvalue weighted by molar-refractivity contribution is 0.0591. The summed E-state index contributed by atoms with van der Waals surface area (Å²) < 4.78 is 6.55. The van der Waals surface area contributed by atoms with Crippen LogP contribution in [0.2, 0.25) is 0 Å². The van der Waals surface area contributed by atoms with Gasteiger partial charge < -0.3 is 9.72 Å². The van der Waals surface area contributed by atoms with Crippen LogP contribution in [0.25, 0.3) is 10.2 Å². The van der Waals surface area contributed by atoms with Gasteiger partial charge in [0, 0.05) is 4.88 Å². The van der Waals surface area contributed by atoms with E-state index in [1.807, 2.05) is 6.92 Å². The number of halogens is 1. The van der Waals surface area contributed by atoms with Crippen molar-refractivity contribution in [1.29, 1.82) is 0 Å². The Morgan fingerprint density at radius 3 is 2.59 bits per heavy atom. The molecular formula is C11H10INO3S. The molecule has 0 saturated carbocycles. The summed E-state index contributed by atoms with van der Waals surface area (Å²) in [5, 5.41) is 0. The van der Waals surface area contributed by atoms with Gasteiger partial charge in [-0.25, -0.2) is 4.79 Å². The number of methoxy groups -OCH3 is 1. The predicted molar refractivity (Wildman–Crippen MR) is 75.0 cm³/mol. The number of hydrogen-bond donors (Lipinski definition) is 1. The molecule has 0 aliphatic heterocycles. The molecule has 0 aliphatic rings. The number of aryl methyl sites for hydroxylation is 1. The van der Waals surface area contributed by atoms with Gasteiger partial charge in [-0.1, -0.05) is 0 Å². The summed E-state index contributed by atoms with van der Waals surface area (Å²) >= 11 is 3.72. The van der Waals surface area contributed by atoms with Crippen molar-refractivity contribution in [3.05, 3.63) is 19.7 Å². The van der Waals surface area contributed by atoms with E-state index in [0.717, 1.165) is 18.7 Å². The van der Waals surface area contributed by atoms with Crippen LogP contribution in [0.3, 0.4) is 0 Å². The molecule has 0 radical (unpaired) electrons. The third-order valence-corrected chi connectivity index (χ3v) is 5.32. The van der Waals surface area contributed by atoms with Crippen LogP contribution in [0.5, 0.6) is 0 Å². The largest absolute Gasteiger partial charge is 0.464 e. The van der Waals surface area contributed by atoms with Gasteiger partial charge in [0.25, 0.3) is 0 Å².